The molecule has 1 saturated heterocycles. The molecule has 1 N–H and O–H groups in total. The van der Waals surface area contributed by atoms with E-state index in [9.17, 15) is 4.79 Å². The van der Waals surface area contributed by atoms with Crippen molar-refractivity contribution in [1.29, 1.82) is 0 Å². The second kappa shape index (κ2) is 6.84. The van der Waals surface area contributed by atoms with Crippen LogP contribution in [0.25, 0.3) is 0 Å². The number of hydrogen-bond acceptors (Lipinski definition) is 3. The lowest BCUT2D eigenvalue weighted by Crippen LogP contribution is -2.43. The van der Waals surface area contributed by atoms with Crippen molar-refractivity contribution in [3.8, 4) is 0 Å². The molecule has 0 atom stereocenters. The quantitative estimate of drug-likeness (QED) is 0.916. The molecule has 20 heavy (non-hydrogen) atoms. The van der Waals surface area contributed by atoms with E-state index >= 15 is 0 Å². The topological polar surface area (TPSA) is 45.2 Å². The molecule has 2 rings (SSSR count). The van der Waals surface area contributed by atoms with Crippen molar-refractivity contribution in [2.24, 2.45) is 5.92 Å². The average Bonchev–Trinajstić information content (AvgIpc) is 2.45. The molecular formula is C16H25N3O. The van der Waals surface area contributed by atoms with Crippen LogP contribution in [0.3, 0.4) is 0 Å². The van der Waals surface area contributed by atoms with E-state index in [-0.39, 0.29) is 11.9 Å². The van der Waals surface area contributed by atoms with Gasteiger partial charge in [0.05, 0.1) is 5.56 Å². The van der Waals surface area contributed by atoms with Crippen LogP contribution in [0.1, 0.15) is 42.7 Å². The van der Waals surface area contributed by atoms with Gasteiger partial charge in [0.15, 0.2) is 0 Å². The minimum absolute atomic E-state index is 0.115. The number of nitrogens with one attached hydrogen (secondary N) is 1. The zero-order chi connectivity index (χ0) is 14.5. The Morgan fingerprint density at radius 3 is 2.75 bits per heavy atom. The molecule has 0 bridgehead atoms. The highest BCUT2D eigenvalue weighted by Crippen LogP contribution is 2.18. The number of carbonyl (C=O) groups is 1. The van der Waals surface area contributed by atoms with Crippen molar-refractivity contribution in [2.45, 2.75) is 39.7 Å². The van der Waals surface area contributed by atoms with Gasteiger partial charge in [-0.1, -0.05) is 0 Å². The van der Waals surface area contributed by atoms with Crippen molar-refractivity contribution in [2.75, 3.05) is 19.6 Å². The molecule has 0 unspecified atom stereocenters. The maximum atomic E-state index is 12.8. The maximum absolute atomic E-state index is 12.8. The van der Waals surface area contributed by atoms with Gasteiger partial charge in [-0.2, -0.15) is 0 Å². The van der Waals surface area contributed by atoms with Gasteiger partial charge >= 0.3 is 0 Å². The normalized spacial score (nSPS) is 16.4. The van der Waals surface area contributed by atoms with Crippen LogP contribution in [0.4, 0.5) is 0 Å². The summed E-state index contributed by atoms with van der Waals surface area (Å²) in [6.07, 6.45) is 4.05. The molecule has 1 aromatic rings. The first-order valence-corrected chi connectivity index (χ1v) is 7.53. The molecule has 1 amide bonds. The Hall–Kier alpha value is -1.42. The van der Waals surface area contributed by atoms with E-state index in [1.54, 1.807) is 6.20 Å². The Balaban J connectivity index is 2.11. The smallest absolute Gasteiger partial charge is 0.255 e. The fraction of sp³-hybridized carbons (Fsp3) is 0.625. The van der Waals surface area contributed by atoms with E-state index in [1.165, 1.54) is 0 Å². The molecule has 110 valence electrons. The highest BCUT2D eigenvalue weighted by Gasteiger charge is 2.24. The summed E-state index contributed by atoms with van der Waals surface area (Å²) in [6, 6.07) is 3.93. The number of pyridine rings is 1. The predicted octanol–water partition coefficient (Wildman–Crippen LogP) is 2.24. The Morgan fingerprint density at radius 2 is 2.15 bits per heavy atom. The fourth-order valence-corrected chi connectivity index (χ4v) is 2.74. The molecule has 0 saturated carbocycles. The summed E-state index contributed by atoms with van der Waals surface area (Å²) in [5, 5.41) is 3.37. The van der Waals surface area contributed by atoms with Gasteiger partial charge in [0, 0.05) is 24.5 Å². The van der Waals surface area contributed by atoms with Gasteiger partial charge in [0.25, 0.3) is 5.91 Å². The molecular weight excluding hydrogens is 250 g/mol. The standard InChI is InChI=1S/C16H25N3O/c1-12(2)19(11-14-6-9-17-10-7-14)16(20)15-5-4-8-18-13(15)3/h4-5,8,12,14,17H,6-7,9-11H2,1-3H3. The highest BCUT2D eigenvalue weighted by atomic mass is 16.2. The molecule has 0 aromatic carbocycles. The van der Waals surface area contributed by atoms with Crippen LogP contribution < -0.4 is 5.32 Å². The summed E-state index contributed by atoms with van der Waals surface area (Å²) in [5.74, 6) is 0.726. The van der Waals surface area contributed by atoms with Crippen LogP contribution in [0.2, 0.25) is 0 Å². The van der Waals surface area contributed by atoms with Crippen molar-refractivity contribution < 1.29 is 4.79 Å². The molecule has 4 nitrogen and oxygen atoms in total. The summed E-state index contributed by atoms with van der Waals surface area (Å²) in [4.78, 5) is 19.0. The van der Waals surface area contributed by atoms with E-state index in [0.717, 1.165) is 43.7 Å². The number of aromatic nitrogens is 1. The SMILES string of the molecule is Cc1ncccc1C(=O)N(CC1CCNCC1)C(C)C. The first-order chi connectivity index (χ1) is 9.59. The minimum Gasteiger partial charge on any atom is -0.336 e. The van der Waals surface area contributed by atoms with Gasteiger partial charge in [0.1, 0.15) is 0 Å². The van der Waals surface area contributed by atoms with Crippen molar-refractivity contribution in [3.05, 3.63) is 29.6 Å². The zero-order valence-corrected chi connectivity index (χ0v) is 12.7. The van der Waals surface area contributed by atoms with Gasteiger partial charge in [0.2, 0.25) is 0 Å². The van der Waals surface area contributed by atoms with E-state index in [0.29, 0.717) is 5.92 Å². The van der Waals surface area contributed by atoms with Gasteiger partial charge in [-0.25, -0.2) is 0 Å². The van der Waals surface area contributed by atoms with Crippen LogP contribution in [-0.2, 0) is 0 Å². The second-order valence-electron chi connectivity index (χ2n) is 5.88. The van der Waals surface area contributed by atoms with Crippen LogP contribution in [0.15, 0.2) is 18.3 Å². The van der Waals surface area contributed by atoms with E-state index in [1.807, 2.05) is 24.0 Å². The molecule has 0 aliphatic carbocycles. The van der Waals surface area contributed by atoms with Crippen molar-refractivity contribution in [1.82, 2.24) is 15.2 Å². The first-order valence-electron chi connectivity index (χ1n) is 7.53. The van der Waals surface area contributed by atoms with Gasteiger partial charge in [-0.3, -0.25) is 9.78 Å². The highest BCUT2D eigenvalue weighted by molar-refractivity contribution is 5.95. The number of nitrogens with zero attached hydrogens (tertiary/aromatic N) is 2. The third-order valence-corrected chi connectivity index (χ3v) is 4.04. The molecule has 0 radical (unpaired) electrons. The Labute approximate surface area is 121 Å². The molecule has 1 aliphatic heterocycles. The van der Waals surface area contributed by atoms with E-state index < -0.39 is 0 Å². The first kappa shape index (κ1) is 15.0. The Bertz CT molecular complexity index is 453. The van der Waals surface area contributed by atoms with Crippen LogP contribution in [0.5, 0.6) is 0 Å². The monoisotopic (exact) mass is 275 g/mol. The third kappa shape index (κ3) is 3.57. The maximum Gasteiger partial charge on any atom is 0.255 e. The molecule has 2 heterocycles. The summed E-state index contributed by atoms with van der Waals surface area (Å²) in [7, 11) is 0. The average molecular weight is 275 g/mol. The third-order valence-electron chi connectivity index (χ3n) is 4.04. The predicted molar refractivity (Wildman–Crippen MR) is 80.7 cm³/mol. The number of piperidine rings is 1. The largest absolute Gasteiger partial charge is 0.336 e. The van der Waals surface area contributed by atoms with Crippen molar-refractivity contribution in [3.63, 3.8) is 0 Å². The number of amides is 1. The minimum atomic E-state index is 0.115. The lowest BCUT2D eigenvalue weighted by molar-refractivity contribution is 0.0656. The molecule has 1 aromatic heterocycles. The van der Waals surface area contributed by atoms with Gasteiger partial charge in [-0.15, -0.1) is 0 Å². The van der Waals surface area contributed by atoms with Crippen LogP contribution in [-0.4, -0.2) is 41.5 Å². The van der Waals surface area contributed by atoms with Crippen LogP contribution >= 0.6 is 0 Å². The van der Waals surface area contributed by atoms with E-state index in [4.69, 9.17) is 0 Å². The van der Waals surface area contributed by atoms with Crippen LogP contribution in [0, 0.1) is 12.8 Å². The lowest BCUT2D eigenvalue weighted by Gasteiger charge is -2.33. The number of rotatable bonds is 4. The van der Waals surface area contributed by atoms with Gasteiger partial charge < -0.3 is 10.2 Å². The number of aryl methyl sites for hydroxylation is 1. The fourth-order valence-electron chi connectivity index (χ4n) is 2.74. The molecule has 4 heteroatoms. The summed E-state index contributed by atoms with van der Waals surface area (Å²) >= 11 is 0. The summed E-state index contributed by atoms with van der Waals surface area (Å²) < 4.78 is 0. The van der Waals surface area contributed by atoms with E-state index in [2.05, 4.69) is 24.1 Å². The molecule has 0 spiro atoms. The van der Waals surface area contributed by atoms with Crippen molar-refractivity contribution >= 4 is 5.91 Å². The summed E-state index contributed by atoms with van der Waals surface area (Å²) in [6.45, 7) is 9.06. The lowest BCUT2D eigenvalue weighted by atomic mass is 9.96. The Morgan fingerprint density at radius 1 is 1.45 bits per heavy atom. The number of hydrogen-bond donors (Lipinski definition) is 1. The number of carbonyl (C=O) groups excluding carboxylic acids is 1. The molecule has 1 fully saturated rings. The zero-order valence-electron chi connectivity index (χ0n) is 12.7. The Kier molecular flexibility index (Phi) is 5.12. The molecule has 1 aliphatic rings. The second-order valence-corrected chi connectivity index (χ2v) is 5.88. The van der Waals surface area contributed by atoms with Gasteiger partial charge in [-0.05, 0) is 64.8 Å². The summed E-state index contributed by atoms with van der Waals surface area (Å²) in [5.41, 5.74) is 1.54.